The number of hydrogen-bond donors (Lipinski definition) is 1. The molecule has 1 aromatic heterocycles. The summed E-state index contributed by atoms with van der Waals surface area (Å²) in [6.45, 7) is 3.29. The maximum atomic E-state index is 5.86. The van der Waals surface area contributed by atoms with Crippen LogP contribution in [0.4, 0.5) is 0 Å². The Morgan fingerprint density at radius 1 is 1.50 bits per heavy atom. The van der Waals surface area contributed by atoms with Gasteiger partial charge in [0.2, 0.25) is 11.7 Å². The molecule has 1 atom stereocenters. The van der Waals surface area contributed by atoms with Gasteiger partial charge in [-0.05, 0) is 38.5 Å². The Morgan fingerprint density at radius 3 is 2.78 bits per heavy atom. The van der Waals surface area contributed by atoms with Crippen LogP contribution in [0.25, 0.3) is 0 Å². The van der Waals surface area contributed by atoms with Gasteiger partial charge in [-0.2, -0.15) is 4.98 Å². The van der Waals surface area contributed by atoms with Gasteiger partial charge >= 0.3 is 0 Å². The maximum Gasteiger partial charge on any atom is 0.234 e. The van der Waals surface area contributed by atoms with E-state index < -0.39 is 0 Å². The molecule has 18 heavy (non-hydrogen) atoms. The van der Waals surface area contributed by atoms with Crippen molar-refractivity contribution < 1.29 is 9.26 Å². The lowest BCUT2D eigenvalue weighted by atomic mass is 9.69. The first-order valence-corrected chi connectivity index (χ1v) is 6.95. The Hall–Kier alpha value is -0.940. The number of aromatic nitrogens is 2. The summed E-state index contributed by atoms with van der Waals surface area (Å²) in [6, 6.07) is 0. The molecule has 0 bridgehead atoms. The Morgan fingerprint density at radius 2 is 2.28 bits per heavy atom. The topological polar surface area (TPSA) is 74.2 Å². The molecular weight excluding hydrogens is 230 g/mol. The van der Waals surface area contributed by atoms with Gasteiger partial charge in [-0.25, -0.2) is 0 Å². The smallest absolute Gasteiger partial charge is 0.234 e. The lowest BCUT2D eigenvalue weighted by molar-refractivity contribution is 0.0384. The second-order valence-corrected chi connectivity index (χ2v) is 5.51. The number of nitrogens with zero attached hydrogens (tertiary/aromatic N) is 2. The summed E-state index contributed by atoms with van der Waals surface area (Å²) < 4.78 is 11.2. The minimum Gasteiger partial charge on any atom is -0.370 e. The van der Waals surface area contributed by atoms with E-state index in [0.29, 0.717) is 24.9 Å². The summed E-state index contributed by atoms with van der Waals surface area (Å²) in [5.74, 6) is 2.01. The first-order chi connectivity index (χ1) is 8.79. The minimum absolute atomic E-state index is 0.0161. The molecule has 0 radical (unpaired) electrons. The summed E-state index contributed by atoms with van der Waals surface area (Å²) in [5, 5.41) is 4.13. The van der Waals surface area contributed by atoms with Crippen molar-refractivity contribution in [2.24, 2.45) is 11.7 Å². The van der Waals surface area contributed by atoms with E-state index in [0.717, 1.165) is 18.7 Å². The molecular formula is C13H21N3O2. The van der Waals surface area contributed by atoms with Crippen LogP contribution < -0.4 is 5.73 Å². The molecule has 0 aliphatic heterocycles. The van der Waals surface area contributed by atoms with Crippen molar-refractivity contribution in [3.05, 3.63) is 11.7 Å². The van der Waals surface area contributed by atoms with E-state index >= 15 is 0 Å². The maximum absolute atomic E-state index is 5.86. The molecule has 100 valence electrons. The molecule has 2 aliphatic rings. The molecule has 0 amide bonds. The predicted molar refractivity (Wildman–Crippen MR) is 66.0 cm³/mol. The average Bonchev–Trinajstić information content (AvgIpc) is 3.05. The van der Waals surface area contributed by atoms with Crippen LogP contribution in [0.5, 0.6) is 0 Å². The van der Waals surface area contributed by atoms with Crippen molar-refractivity contribution in [3.8, 4) is 0 Å². The zero-order chi connectivity index (χ0) is 12.6. The Bertz CT molecular complexity index is 405. The third kappa shape index (κ3) is 1.95. The van der Waals surface area contributed by atoms with Crippen LogP contribution >= 0.6 is 0 Å². The quantitative estimate of drug-likeness (QED) is 0.836. The number of hydrogen-bond acceptors (Lipinski definition) is 5. The molecule has 1 unspecified atom stereocenters. The van der Waals surface area contributed by atoms with Crippen LogP contribution in [-0.2, 0) is 10.2 Å². The monoisotopic (exact) mass is 251 g/mol. The lowest BCUT2D eigenvalue weighted by Gasteiger charge is -2.36. The number of ether oxygens (including phenoxy) is 1. The molecule has 0 saturated heterocycles. The van der Waals surface area contributed by atoms with E-state index in [-0.39, 0.29) is 11.5 Å². The average molecular weight is 251 g/mol. The normalized spacial score (nSPS) is 23.7. The van der Waals surface area contributed by atoms with Gasteiger partial charge in [0.1, 0.15) is 6.10 Å². The van der Waals surface area contributed by atoms with Gasteiger partial charge in [-0.3, -0.25) is 0 Å². The highest BCUT2D eigenvalue weighted by Gasteiger charge is 2.44. The predicted octanol–water partition coefficient (Wildman–Crippen LogP) is 1.94. The number of nitrogens with two attached hydrogens (primary N) is 1. The van der Waals surface area contributed by atoms with Crippen LogP contribution in [-0.4, -0.2) is 23.3 Å². The molecule has 5 nitrogen and oxygen atoms in total. The fourth-order valence-electron chi connectivity index (χ4n) is 2.67. The van der Waals surface area contributed by atoms with Crippen molar-refractivity contribution in [1.29, 1.82) is 0 Å². The van der Waals surface area contributed by atoms with Gasteiger partial charge in [0.15, 0.2) is 0 Å². The Balaban J connectivity index is 1.79. The second-order valence-electron chi connectivity index (χ2n) is 5.51. The molecule has 2 N–H and O–H groups in total. The lowest BCUT2D eigenvalue weighted by Crippen LogP contribution is -2.41. The van der Waals surface area contributed by atoms with E-state index in [9.17, 15) is 0 Å². The van der Waals surface area contributed by atoms with Crippen molar-refractivity contribution >= 4 is 0 Å². The zero-order valence-corrected chi connectivity index (χ0v) is 10.9. The van der Waals surface area contributed by atoms with E-state index in [1.165, 1.54) is 19.3 Å². The molecule has 2 saturated carbocycles. The molecule has 5 heteroatoms. The van der Waals surface area contributed by atoms with Crippen molar-refractivity contribution in [2.75, 3.05) is 13.2 Å². The van der Waals surface area contributed by atoms with E-state index in [4.69, 9.17) is 15.0 Å². The van der Waals surface area contributed by atoms with E-state index in [1.807, 2.05) is 6.92 Å². The molecule has 1 heterocycles. The Kier molecular flexibility index (Phi) is 3.11. The molecule has 2 aliphatic carbocycles. The summed E-state index contributed by atoms with van der Waals surface area (Å²) in [6.07, 6.45) is 5.75. The summed E-state index contributed by atoms with van der Waals surface area (Å²) in [4.78, 5) is 4.57. The highest BCUT2D eigenvalue weighted by atomic mass is 16.5. The highest BCUT2D eigenvalue weighted by molar-refractivity contribution is 5.12. The molecule has 3 rings (SSSR count). The van der Waals surface area contributed by atoms with Crippen LogP contribution in [0.15, 0.2) is 4.52 Å². The van der Waals surface area contributed by atoms with Crippen LogP contribution in [0.3, 0.4) is 0 Å². The standard InChI is InChI=1S/C13H21N3O2/c1-2-17-10(9-4-5-9)11-15-12(18-16-11)13(8-14)6-3-7-13/h9-10H,2-8,14H2,1H3. The number of rotatable bonds is 6. The van der Waals surface area contributed by atoms with Crippen molar-refractivity contribution in [2.45, 2.75) is 50.5 Å². The minimum atomic E-state index is -0.0500. The third-order valence-corrected chi connectivity index (χ3v) is 4.25. The molecule has 0 spiro atoms. The van der Waals surface area contributed by atoms with Gasteiger partial charge in [0.25, 0.3) is 0 Å². The van der Waals surface area contributed by atoms with Gasteiger partial charge in [0, 0.05) is 13.2 Å². The van der Waals surface area contributed by atoms with Gasteiger partial charge < -0.3 is 15.0 Å². The first-order valence-electron chi connectivity index (χ1n) is 6.95. The van der Waals surface area contributed by atoms with E-state index in [2.05, 4.69) is 10.1 Å². The summed E-state index contributed by atoms with van der Waals surface area (Å²) in [7, 11) is 0. The molecule has 1 aromatic rings. The SMILES string of the molecule is CCOC(c1noc(C2(CN)CCC2)n1)C1CC1. The van der Waals surface area contributed by atoms with E-state index in [1.54, 1.807) is 0 Å². The van der Waals surface area contributed by atoms with Crippen LogP contribution in [0.2, 0.25) is 0 Å². The zero-order valence-electron chi connectivity index (χ0n) is 10.9. The van der Waals surface area contributed by atoms with Crippen molar-refractivity contribution in [3.63, 3.8) is 0 Å². The van der Waals surface area contributed by atoms with Gasteiger partial charge in [0.05, 0.1) is 5.41 Å². The second kappa shape index (κ2) is 4.63. The fraction of sp³-hybridized carbons (Fsp3) is 0.846. The van der Waals surface area contributed by atoms with Gasteiger partial charge in [-0.1, -0.05) is 11.6 Å². The Labute approximate surface area is 107 Å². The fourth-order valence-corrected chi connectivity index (χ4v) is 2.67. The third-order valence-electron chi connectivity index (χ3n) is 4.25. The van der Waals surface area contributed by atoms with Crippen LogP contribution in [0, 0.1) is 5.92 Å². The molecule has 0 aromatic carbocycles. The van der Waals surface area contributed by atoms with Gasteiger partial charge in [-0.15, -0.1) is 0 Å². The summed E-state index contributed by atoms with van der Waals surface area (Å²) >= 11 is 0. The summed E-state index contributed by atoms with van der Waals surface area (Å²) in [5.41, 5.74) is 5.81. The van der Waals surface area contributed by atoms with Crippen molar-refractivity contribution in [1.82, 2.24) is 10.1 Å². The molecule has 2 fully saturated rings. The first kappa shape index (κ1) is 12.1. The largest absolute Gasteiger partial charge is 0.370 e. The highest BCUT2D eigenvalue weighted by Crippen LogP contribution is 2.45. The van der Waals surface area contributed by atoms with Crippen LogP contribution in [0.1, 0.15) is 56.8 Å².